The molecule has 0 saturated carbocycles. The molecule has 6 heterocycles. The molecule has 17 N–H and O–H groups in total. The zero-order valence-corrected chi connectivity index (χ0v) is 43.1. The van der Waals surface area contributed by atoms with E-state index in [1.54, 1.807) is 0 Å². The number of carboxylic acids is 1. The van der Waals surface area contributed by atoms with E-state index in [0.717, 1.165) is 26.0 Å². The summed E-state index contributed by atoms with van der Waals surface area (Å²) in [7, 11) is 1.30. The van der Waals surface area contributed by atoms with Crippen LogP contribution in [0.1, 0.15) is 75.7 Å². The summed E-state index contributed by atoms with van der Waals surface area (Å²) in [5, 5.41) is 136. The largest absolute Gasteiger partial charge is 0.477 e. The van der Waals surface area contributed by atoms with Gasteiger partial charge in [0.05, 0.1) is 51.4 Å². The van der Waals surface area contributed by atoms with Gasteiger partial charge in [-0.25, -0.2) is 14.8 Å². The third-order valence-corrected chi connectivity index (χ3v) is 13.8. The summed E-state index contributed by atoms with van der Waals surface area (Å²) in [5.41, 5.74) is 3.60. The highest BCUT2D eigenvalue weighted by Gasteiger charge is 2.61. The zero-order valence-electron chi connectivity index (χ0n) is 43.1. The predicted molar refractivity (Wildman–Crippen MR) is 257 cm³/mol. The highest BCUT2D eigenvalue weighted by molar-refractivity contribution is 5.93. The molecule has 0 spiro atoms. The topological polar surface area (TPSA) is 516 Å². The number of carboxylic acid groups (broad SMARTS) is 1. The van der Waals surface area contributed by atoms with Gasteiger partial charge < -0.3 is 120 Å². The molecule has 2 aromatic rings. The van der Waals surface area contributed by atoms with E-state index in [9.17, 15) is 85.3 Å². The summed E-state index contributed by atoms with van der Waals surface area (Å²) in [6, 6.07) is -3.39. The number of nitrogens with two attached hydrogens (primary N) is 1. The molecule has 33 nitrogen and oxygen atoms in total. The van der Waals surface area contributed by atoms with Crippen LogP contribution in [-0.2, 0) is 57.0 Å². The molecular formula is C46H71N7O26. The van der Waals surface area contributed by atoms with Gasteiger partial charge in [-0.1, -0.05) is 25.7 Å². The van der Waals surface area contributed by atoms with E-state index in [-0.39, 0.29) is 30.6 Å². The van der Waals surface area contributed by atoms with Gasteiger partial charge in [0.2, 0.25) is 11.9 Å². The number of hydrogen-bond donors (Lipinski definition) is 16. The molecule has 4 aliphatic rings. The summed E-state index contributed by atoms with van der Waals surface area (Å²) in [5.74, 6) is -7.82. The Hall–Kier alpha value is -4.86. The number of H-pyrrole nitrogens is 1. The maximum atomic E-state index is 14.4. The Morgan fingerprint density at radius 3 is 2.10 bits per heavy atom. The van der Waals surface area contributed by atoms with E-state index >= 15 is 0 Å². The number of nitrogens with one attached hydrogen (secondary N) is 3. The lowest BCUT2D eigenvalue weighted by atomic mass is 9.88. The first-order valence-corrected chi connectivity index (χ1v) is 25.4. The Morgan fingerprint density at radius 1 is 0.810 bits per heavy atom. The molecule has 2 aromatic heterocycles. The summed E-state index contributed by atoms with van der Waals surface area (Å²) < 4.78 is 52.8. The molecule has 4 saturated heterocycles. The van der Waals surface area contributed by atoms with Gasteiger partial charge in [-0.05, 0) is 19.8 Å². The maximum Gasteiger partial charge on any atom is 0.364 e. The van der Waals surface area contributed by atoms with Gasteiger partial charge in [-0.15, -0.1) is 0 Å². The Bertz CT molecular complexity index is 2410. The quantitative estimate of drug-likeness (QED) is 0.0324. The number of hydrogen-bond acceptors (Lipinski definition) is 29. The minimum absolute atomic E-state index is 0.0949. The van der Waals surface area contributed by atoms with Gasteiger partial charge in [-0.2, -0.15) is 4.98 Å². The van der Waals surface area contributed by atoms with Gasteiger partial charge in [0.15, 0.2) is 30.0 Å². The molecule has 0 bridgehead atoms. The molecule has 0 aliphatic carbocycles. The second-order valence-corrected chi connectivity index (χ2v) is 19.5. The number of unbranched alkanes of at least 4 members (excludes halogenated alkanes) is 5. The molecule has 33 heteroatoms. The maximum absolute atomic E-state index is 14.4. The summed E-state index contributed by atoms with van der Waals surface area (Å²) >= 11 is 0. The number of carbonyl (C=O) groups is 4. The molecular weight excluding hydrogens is 1070 g/mol. The zero-order chi connectivity index (χ0) is 58.0. The Morgan fingerprint density at radius 2 is 1.46 bits per heavy atom. The first-order valence-electron chi connectivity index (χ1n) is 25.4. The summed E-state index contributed by atoms with van der Waals surface area (Å²) in [6.45, 7) is -1.02. The number of aromatic nitrogens is 4. The van der Waals surface area contributed by atoms with Crippen LogP contribution in [0.15, 0.2) is 11.0 Å². The number of aliphatic carboxylic acids is 1. The number of anilines is 1. The number of amides is 2. The average Bonchev–Trinajstić information content (AvgIpc) is 3.58. The van der Waals surface area contributed by atoms with Crippen LogP contribution >= 0.6 is 0 Å². The number of methoxy groups -OCH3 is 1. The van der Waals surface area contributed by atoms with Gasteiger partial charge in [0.25, 0.3) is 17.3 Å². The average molecular weight is 1140 g/mol. The molecule has 0 radical (unpaired) electrons. The van der Waals surface area contributed by atoms with Crippen LogP contribution in [-0.4, -0.2) is 267 Å². The van der Waals surface area contributed by atoms with E-state index in [1.807, 2.05) is 0 Å². The number of nitrogens with zero attached hydrogens (tertiary/aromatic N) is 3. The smallest absolute Gasteiger partial charge is 0.364 e. The number of aliphatic hydroxyl groups is 11. The normalized spacial score (nSPS) is 35.8. The van der Waals surface area contributed by atoms with Crippen LogP contribution in [0, 0.1) is 0 Å². The molecule has 446 valence electrons. The van der Waals surface area contributed by atoms with Crippen molar-refractivity contribution in [1.82, 2.24) is 30.6 Å². The van der Waals surface area contributed by atoms with Crippen molar-refractivity contribution in [2.75, 3.05) is 39.3 Å². The molecule has 14 unspecified atom stereocenters. The SMILES string of the molecule is COC(=O)CCCCCCCCO[C@@H]1OC(CO)[C@H](OC2OC(CO)[C@@H](O)C(O[C@]3(C(=O)O)CC(O)[C@@H](NC(C)=O)C(C(O)C(O)CO)O3)C2O)C(O[C@@H]2OC(C)[C@H](O)C(O)C2O)C1NC(=O)c1cnc2nc(N)[nH]c(=O)c2n1. The highest BCUT2D eigenvalue weighted by Crippen LogP contribution is 2.39. The van der Waals surface area contributed by atoms with Crippen LogP contribution in [0.5, 0.6) is 0 Å². The van der Waals surface area contributed by atoms with Crippen LogP contribution in [0.3, 0.4) is 0 Å². The molecule has 6 rings (SSSR count). The lowest BCUT2D eigenvalue weighted by Gasteiger charge is -2.51. The number of esters is 1. The van der Waals surface area contributed by atoms with Crippen LogP contribution in [0.25, 0.3) is 11.2 Å². The molecule has 4 fully saturated rings. The minimum Gasteiger partial charge on any atom is -0.477 e. The van der Waals surface area contributed by atoms with Crippen molar-refractivity contribution >= 4 is 40.9 Å². The molecule has 79 heavy (non-hydrogen) atoms. The van der Waals surface area contributed by atoms with Gasteiger partial charge in [0, 0.05) is 26.4 Å². The summed E-state index contributed by atoms with van der Waals surface area (Å²) in [6.07, 6.45) is -31.6. The number of fused-ring (bicyclic) bond motifs is 1. The van der Waals surface area contributed by atoms with Crippen molar-refractivity contribution in [3.8, 4) is 0 Å². The van der Waals surface area contributed by atoms with Crippen molar-refractivity contribution in [3.05, 3.63) is 22.2 Å². The Balaban J connectivity index is 1.37. The minimum atomic E-state index is -3.20. The third kappa shape index (κ3) is 15.0. The molecule has 0 aromatic carbocycles. The Labute approximate surface area is 448 Å². The lowest BCUT2D eigenvalue weighted by Crippen LogP contribution is -2.71. The number of carbonyl (C=O) groups excluding carboxylic acids is 3. The van der Waals surface area contributed by atoms with E-state index in [2.05, 4.69) is 35.3 Å². The first kappa shape index (κ1) is 63.3. The molecule has 4 aliphatic heterocycles. The number of aliphatic hydroxyl groups excluding tert-OH is 11. The van der Waals surface area contributed by atoms with E-state index in [4.69, 9.17) is 43.6 Å². The van der Waals surface area contributed by atoms with Gasteiger partial charge in [-0.3, -0.25) is 24.2 Å². The number of nitrogen functional groups attached to an aromatic ring is 1. The highest BCUT2D eigenvalue weighted by atomic mass is 16.8. The van der Waals surface area contributed by atoms with Crippen molar-refractivity contribution in [1.29, 1.82) is 0 Å². The first-order chi connectivity index (χ1) is 37.5. The predicted octanol–water partition coefficient (Wildman–Crippen LogP) is -7.40. The van der Waals surface area contributed by atoms with Crippen molar-refractivity contribution in [3.63, 3.8) is 0 Å². The fraction of sp³-hybridized carbons (Fsp3) is 0.783. The van der Waals surface area contributed by atoms with Crippen molar-refractivity contribution < 1.29 is 123 Å². The van der Waals surface area contributed by atoms with E-state index < -0.39 is 189 Å². The number of ether oxygens (including phenoxy) is 9. The van der Waals surface area contributed by atoms with Crippen LogP contribution in [0.4, 0.5) is 5.95 Å². The standard InChI is InChI=1S/C46H71N7O26/c1-17-28(61)31(64)32(65)42(73-17)77-36-26(51-39(67)19-13-48-38-27(50-19)40(68)53-45(47)52-38)41(72-11-9-7-5-4-6-8-10-24(60)71-3)75-23(16-56)34(36)76-43-33(66)37(30(63)22(15-55)74-43)79-46(44(69)70)12-20(58)25(49-18(2)57)35(78-46)29(62)21(59)14-54/h13,17,20-23,25-26,28-37,41-43,54-56,58-59,61-66H,4-12,14-16H2,1-3H3,(H,49,57)(H,51,67)(H,69,70)(H3,47,48,52,53,68)/t17?,20?,21?,22?,23?,25-,26?,28+,29?,30-,31?,32?,33?,34+,35?,36?,37?,41-,42+,43?,46+/m1/s1. The van der Waals surface area contributed by atoms with E-state index in [0.29, 0.717) is 25.7 Å². The number of aromatic amines is 1. The molecule has 21 atom stereocenters. The Kier molecular flexibility index (Phi) is 22.6. The number of rotatable bonds is 25. The van der Waals surface area contributed by atoms with Gasteiger partial charge >= 0.3 is 11.9 Å². The third-order valence-electron chi connectivity index (χ3n) is 13.8. The second-order valence-electron chi connectivity index (χ2n) is 19.5. The second kappa shape index (κ2) is 28.2. The fourth-order valence-electron chi connectivity index (χ4n) is 9.53. The van der Waals surface area contributed by atoms with Crippen molar-refractivity contribution in [2.45, 2.75) is 194 Å². The van der Waals surface area contributed by atoms with Crippen molar-refractivity contribution in [2.24, 2.45) is 0 Å². The van der Waals surface area contributed by atoms with Crippen LogP contribution < -0.4 is 21.9 Å². The van der Waals surface area contributed by atoms with E-state index in [1.165, 1.54) is 14.0 Å². The monoisotopic (exact) mass is 1140 g/mol. The van der Waals surface area contributed by atoms with Gasteiger partial charge in [0.1, 0.15) is 91.1 Å². The van der Waals surface area contributed by atoms with Crippen LogP contribution in [0.2, 0.25) is 0 Å². The lowest BCUT2D eigenvalue weighted by molar-refractivity contribution is -0.391. The molecule has 2 amide bonds. The summed E-state index contributed by atoms with van der Waals surface area (Å²) in [4.78, 5) is 78.3. The fourth-order valence-corrected chi connectivity index (χ4v) is 9.53.